The van der Waals surface area contributed by atoms with E-state index in [0.717, 1.165) is 45.8 Å². The molecule has 0 spiro atoms. The first-order valence-electron chi connectivity index (χ1n) is 10.8. The number of hydrogen-bond acceptors (Lipinski definition) is 8. The monoisotopic (exact) mass is 497 g/mol. The van der Waals surface area contributed by atoms with E-state index >= 15 is 0 Å². The highest BCUT2D eigenvalue weighted by atomic mass is 32.2. The van der Waals surface area contributed by atoms with Gasteiger partial charge in [0.05, 0.1) is 12.4 Å². The van der Waals surface area contributed by atoms with Crippen molar-refractivity contribution in [2.75, 3.05) is 24.8 Å². The molecule has 3 aromatic rings. The van der Waals surface area contributed by atoms with Gasteiger partial charge >= 0.3 is 0 Å². The molecule has 0 aliphatic heterocycles. The second kappa shape index (κ2) is 15.3. The van der Waals surface area contributed by atoms with E-state index in [2.05, 4.69) is 41.4 Å². The SMILES string of the molecule is CC.CCCc1csc(NC(=O)CSc2ncnc3sc(C)c(C)c23)c1COCC.CO. The number of nitrogens with zero attached hydrogens (tertiary/aromatic N) is 2. The molecular formula is C23H35N3O3S3. The standard InChI is InChI=1S/C20H25N3O2S3.C2H6.CH4O/c1-5-7-14-9-26-18(15(14)8-25-6-2)23-16(24)10-27-19-17-12(3)13(4)28-20(17)22-11-21-19;2*1-2/h9,11H,5-8,10H2,1-4H3,(H,23,24);1-2H3;2H,1H3. The molecule has 2 N–H and O–H groups in total. The lowest BCUT2D eigenvalue weighted by atomic mass is 10.1. The summed E-state index contributed by atoms with van der Waals surface area (Å²) in [6.45, 7) is 13.5. The van der Waals surface area contributed by atoms with Gasteiger partial charge in [-0.25, -0.2) is 9.97 Å². The molecule has 9 heteroatoms. The average molecular weight is 498 g/mol. The number of thiophene rings is 2. The van der Waals surface area contributed by atoms with E-state index in [1.807, 2.05) is 20.8 Å². The largest absolute Gasteiger partial charge is 0.400 e. The summed E-state index contributed by atoms with van der Waals surface area (Å²) in [6.07, 6.45) is 3.65. The van der Waals surface area contributed by atoms with Crippen molar-refractivity contribution in [2.24, 2.45) is 0 Å². The minimum Gasteiger partial charge on any atom is -0.400 e. The topological polar surface area (TPSA) is 84.3 Å². The lowest BCUT2D eigenvalue weighted by molar-refractivity contribution is -0.113. The van der Waals surface area contributed by atoms with Gasteiger partial charge in [-0.3, -0.25) is 4.79 Å². The lowest BCUT2D eigenvalue weighted by Crippen LogP contribution is -2.15. The molecule has 3 aromatic heterocycles. The van der Waals surface area contributed by atoms with Crippen LogP contribution in [0.4, 0.5) is 5.00 Å². The zero-order valence-electron chi connectivity index (χ0n) is 20.1. The molecule has 0 saturated heterocycles. The zero-order valence-corrected chi connectivity index (χ0v) is 22.5. The highest BCUT2D eigenvalue weighted by Crippen LogP contribution is 2.35. The molecule has 0 aliphatic rings. The van der Waals surface area contributed by atoms with Crippen LogP contribution < -0.4 is 5.32 Å². The Balaban J connectivity index is 0.00000121. The first-order valence-corrected chi connectivity index (χ1v) is 13.5. The van der Waals surface area contributed by atoms with Crippen LogP contribution in [0.3, 0.4) is 0 Å². The summed E-state index contributed by atoms with van der Waals surface area (Å²) in [6, 6.07) is 0. The Kier molecular flexibility index (Phi) is 13.7. The van der Waals surface area contributed by atoms with Gasteiger partial charge in [0.25, 0.3) is 0 Å². The number of aryl methyl sites for hydroxylation is 3. The van der Waals surface area contributed by atoms with E-state index in [4.69, 9.17) is 9.84 Å². The molecule has 0 bridgehead atoms. The number of amides is 1. The molecule has 0 saturated carbocycles. The number of aliphatic hydroxyl groups excluding tert-OH is 1. The van der Waals surface area contributed by atoms with Gasteiger partial charge in [0.15, 0.2) is 0 Å². The Morgan fingerprint density at radius 2 is 1.94 bits per heavy atom. The van der Waals surface area contributed by atoms with Crippen LogP contribution in [0.5, 0.6) is 0 Å². The van der Waals surface area contributed by atoms with Gasteiger partial charge in [0, 0.05) is 29.5 Å². The molecule has 1 amide bonds. The number of thioether (sulfide) groups is 1. The highest BCUT2D eigenvalue weighted by Gasteiger charge is 2.16. The summed E-state index contributed by atoms with van der Waals surface area (Å²) in [5.41, 5.74) is 3.58. The zero-order chi connectivity index (χ0) is 24.1. The summed E-state index contributed by atoms with van der Waals surface area (Å²) in [5.74, 6) is 0.291. The van der Waals surface area contributed by atoms with Crippen LogP contribution in [0, 0.1) is 13.8 Å². The van der Waals surface area contributed by atoms with Crippen molar-refractivity contribution in [2.45, 2.75) is 66.0 Å². The number of fused-ring (bicyclic) bond motifs is 1. The minimum absolute atomic E-state index is 0.0241. The molecule has 0 radical (unpaired) electrons. The molecule has 0 atom stereocenters. The van der Waals surface area contributed by atoms with Crippen LogP contribution in [-0.2, 0) is 22.6 Å². The molecular weight excluding hydrogens is 462 g/mol. The number of carbonyl (C=O) groups is 1. The van der Waals surface area contributed by atoms with E-state index in [1.54, 1.807) is 29.0 Å². The third kappa shape index (κ3) is 7.52. The molecule has 3 rings (SSSR count). The van der Waals surface area contributed by atoms with Gasteiger partial charge in [-0.05, 0) is 43.7 Å². The Morgan fingerprint density at radius 3 is 2.59 bits per heavy atom. The Hall–Kier alpha value is -1.52. The summed E-state index contributed by atoms with van der Waals surface area (Å²) in [5, 5.41) is 15.0. The van der Waals surface area contributed by atoms with Crippen molar-refractivity contribution < 1.29 is 14.6 Å². The summed E-state index contributed by atoms with van der Waals surface area (Å²) < 4.78 is 5.61. The van der Waals surface area contributed by atoms with Crippen molar-refractivity contribution in [3.63, 3.8) is 0 Å². The number of rotatable bonds is 9. The summed E-state index contributed by atoms with van der Waals surface area (Å²) in [7, 11) is 1.00. The van der Waals surface area contributed by atoms with Crippen molar-refractivity contribution in [1.29, 1.82) is 0 Å². The van der Waals surface area contributed by atoms with Gasteiger partial charge in [-0.15, -0.1) is 22.7 Å². The van der Waals surface area contributed by atoms with E-state index in [-0.39, 0.29) is 5.91 Å². The number of hydrogen-bond donors (Lipinski definition) is 2. The fraction of sp³-hybridized carbons (Fsp3) is 0.522. The van der Waals surface area contributed by atoms with Crippen LogP contribution in [0.1, 0.15) is 55.7 Å². The Morgan fingerprint density at radius 1 is 1.22 bits per heavy atom. The number of ether oxygens (including phenoxy) is 1. The van der Waals surface area contributed by atoms with E-state index in [0.29, 0.717) is 19.0 Å². The number of nitrogens with one attached hydrogen (secondary N) is 1. The van der Waals surface area contributed by atoms with E-state index in [9.17, 15) is 4.79 Å². The average Bonchev–Trinajstić information content (AvgIpc) is 3.33. The van der Waals surface area contributed by atoms with Crippen molar-refractivity contribution >= 4 is 55.6 Å². The molecule has 0 unspecified atom stereocenters. The van der Waals surface area contributed by atoms with Crippen LogP contribution >= 0.6 is 34.4 Å². The Labute approximate surface area is 203 Å². The first kappa shape index (κ1) is 28.5. The van der Waals surface area contributed by atoms with Crippen molar-refractivity contribution in [1.82, 2.24) is 9.97 Å². The van der Waals surface area contributed by atoms with Gasteiger partial charge in [-0.1, -0.05) is 39.0 Å². The molecule has 32 heavy (non-hydrogen) atoms. The molecule has 178 valence electrons. The predicted molar refractivity (Wildman–Crippen MR) is 139 cm³/mol. The number of aromatic nitrogens is 2. The normalized spacial score (nSPS) is 10.2. The number of anilines is 1. The van der Waals surface area contributed by atoms with E-state index < -0.39 is 0 Å². The maximum atomic E-state index is 12.6. The van der Waals surface area contributed by atoms with Crippen LogP contribution in [0.15, 0.2) is 16.7 Å². The molecule has 3 heterocycles. The molecule has 0 aliphatic carbocycles. The minimum atomic E-state index is -0.0241. The fourth-order valence-electron chi connectivity index (χ4n) is 2.92. The van der Waals surface area contributed by atoms with E-state index in [1.165, 1.54) is 27.8 Å². The maximum absolute atomic E-state index is 12.6. The van der Waals surface area contributed by atoms with Crippen molar-refractivity contribution in [3.05, 3.63) is 33.3 Å². The predicted octanol–water partition coefficient (Wildman–Crippen LogP) is 6.22. The molecule has 0 fully saturated rings. The Bertz CT molecular complexity index is 970. The lowest BCUT2D eigenvalue weighted by Gasteiger charge is -2.09. The quantitative estimate of drug-likeness (QED) is 0.269. The first-order chi connectivity index (χ1) is 15.5. The number of carbonyl (C=O) groups excluding carboxylic acids is 1. The summed E-state index contributed by atoms with van der Waals surface area (Å²) >= 11 is 4.71. The molecule has 6 nitrogen and oxygen atoms in total. The fourth-order valence-corrected chi connectivity index (χ4v) is 5.86. The smallest absolute Gasteiger partial charge is 0.235 e. The third-order valence-electron chi connectivity index (χ3n) is 4.47. The number of aliphatic hydroxyl groups is 1. The highest BCUT2D eigenvalue weighted by molar-refractivity contribution is 8.00. The summed E-state index contributed by atoms with van der Waals surface area (Å²) in [4.78, 5) is 23.6. The maximum Gasteiger partial charge on any atom is 0.235 e. The van der Waals surface area contributed by atoms with Gasteiger partial charge in [-0.2, -0.15) is 0 Å². The van der Waals surface area contributed by atoms with Gasteiger partial charge < -0.3 is 15.2 Å². The van der Waals surface area contributed by atoms with Crippen LogP contribution in [-0.4, -0.2) is 40.5 Å². The second-order valence-corrected chi connectivity index (χ2v) is 9.48. The third-order valence-corrected chi connectivity index (χ3v) is 7.57. The van der Waals surface area contributed by atoms with Crippen LogP contribution in [0.2, 0.25) is 0 Å². The van der Waals surface area contributed by atoms with Gasteiger partial charge in [0.2, 0.25) is 5.91 Å². The second-order valence-electron chi connectivity index (χ2n) is 6.43. The van der Waals surface area contributed by atoms with Crippen LogP contribution in [0.25, 0.3) is 10.2 Å². The molecule has 0 aromatic carbocycles. The van der Waals surface area contributed by atoms with Gasteiger partial charge in [0.1, 0.15) is 21.2 Å². The van der Waals surface area contributed by atoms with Crippen molar-refractivity contribution in [3.8, 4) is 0 Å².